The lowest BCUT2D eigenvalue weighted by Gasteiger charge is -2.37. The highest BCUT2D eigenvalue weighted by Crippen LogP contribution is 2.45. The van der Waals surface area contributed by atoms with Crippen molar-refractivity contribution < 1.29 is 75.8 Å². The molecule has 2 aliphatic rings. The van der Waals surface area contributed by atoms with Crippen LogP contribution in [0.1, 0.15) is 75.8 Å². The van der Waals surface area contributed by atoms with E-state index in [-0.39, 0.29) is 93.5 Å². The van der Waals surface area contributed by atoms with Crippen LogP contribution in [-0.2, 0) is 42.9 Å². The Morgan fingerprint density at radius 2 is 1.28 bits per heavy atom. The molecule has 5 aromatic carbocycles. The van der Waals surface area contributed by atoms with Crippen molar-refractivity contribution >= 4 is 33.7 Å². The Morgan fingerprint density at radius 1 is 0.723 bits per heavy atom. The van der Waals surface area contributed by atoms with Crippen LogP contribution in [0.2, 0.25) is 0 Å². The fraction of sp³-hybridized carbons (Fsp3) is 0.261. The summed E-state index contributed by atoms with van der Waals surface area (Å²) in [6.45, 7) is 3.08. The molecule has 0 saturated heterocycles. The molecule has 19 heteroatoms. The molecule has 0 saturated carbocycles. The van der Waals surface area contributed by atoms with Crippen molar-refractivity contribution in [3.8, 4) is 40.2 Å². The summed E-state index contributed by atoms with van der Waals surface area (Å²) in [5.41, 5.74) is 2.61. The van der Waals surface area contributed by atoms with Gasteiger partial charge in [0, 0.05) is 11.1 Å². The summed E-state index contributed by atoms with van der Waals surface area (Å²) in [5, 5.41) is 19.8. The molecule has 2 unspecified atom stereocenters. The van der Waals surface area contributed by atoms with E-state index in [2.05, 4.69) is 0 Å². The minimum atomic E-state index is -5.06. The van der Waals surface area contributed by atoms with Crippen LogP contribution in [-0.4, -0.2) is 74.2 Å². The van der Waals surface area contributed by atoms with Gasteiger partial charge in [0.1, 0.15) is 24.0 Å². The quantitative estimate of drug-likeness (QED) is 0.0448. The average Bonchev–Trinajstić information content (AvgIpc) is 3.98. The molecule has 4 N–H and O–H groups in total. The number of carbonyl (C=O) groups excluding carboxylic acids is 2. The number of aryl methyl sites for hydroxylation is 2. The highest BCUT2D eigenvalue weighted by molar-refractivity contribution is 7.89. The number of ketones is 1. The minimum Gasteiger partial charge on any atom is -0.479 e. The predicted octanol–water partition coefficient (Wildman–Crippen LogP) is 6.18. The molecular weight excluding hydrogens is 869 g/mol. The number of nitrogens with zero attached hydrogens (tertiary/aromatic N) is 1. The number of carbonyl (C=O) groups is 4. The van der Waals surface area contributed by atoms with Gasteiger partial charge >= 0.3 is 17.8 Å². The third kappa shape index (κ3) is 9.06. The number of fused-ring (bicyclic) bond motifs is 2. The number of ether oxygens (including phenoxy) is 7. The van der Waals surface area contributed by atoms with Crippen LogP contribution >= 0.6 is 0 Å². The summed E-state index contributed by atoms with van der Waals surface area (Å²) in [4.78, 5) is 61.6. The van der Waals surface area contributed by atoms with Crippen molar-refractivity contribution in [2.75, 3.05) is 27.4 Å². The molecule has 1 amide bonds. The van der Waals surface area contributed by atoms with Gasteiger partial charge in [-0.05, 0) is 109 Å². The van der Waals surface area contributed by atoms with E-state index in [0.717, 1.165) is 19.2 Å². The first-order valence-electron chi connectivity index (χ1n) is 20.2. The Balaban J connectivity index is 1.53. The summed E-state index contributed by atoms with van der Waals surface area (Å²) in [7, 11) is -4.15. The van der Waals surface area contributed by atoms with Crippen LogP contribution < -0.4 is 38.9 Å². The Kier molecular flexibility index (Phi) is 13.5. The van der Waals surface area contributed by atoms with Crippen LogP contribution in [0.15, 0.2) is 102 Å². The molecule has 0 spiro atoms. The number of amides is 1. The molecule has 0 bridgehead atoms. The van der Waals surface area contributed by atoms with E-state index in [9.17, 15) is 28.2 Å². The van der Waals surface area contributed by atoms with Gasteiger partial charge in [0.15, 0.2) is 29.1 Å². The average molecular weight is 913 g/mol. The highest BCUT2D eigenvalue weighted by Gasteiger charge is 2.59. The molecule has 5 aromatic rings. The molecular formula is C46H44N2O16S. The van der Waals surface area contributed by atoms with Crippen molar-refractivity contribution in [3.05, 3.63) is 130 Å². The first-order chi connectivity index (χ1) is 31.2. The van der Waals surface area contributed by atoms with Gasteiger partial charge in [-0.3, -0.25) is 20.2 Å². The summed E-state index contributed by atoms with van der Waals surface area (Å²) in [6, 6.07) is 21.2. The first-order valence-corrected chi connectivity index (χ1v) is 21.7. The van der Waals surface area contributed by atoms with Gasteiger partial charge in [-0.15, -0.1) is 4.47 Å². The van der Waals surface area contributed by atoms with Crippen LogP contribution in [0.4, 0.5) is 0 Å². The second-order valence-corrected chi connectivity index (χ2v) is 16.3. The van der Waals surface area contributed by atoms with Crippen molar-refractivity contribution in [2.24, 2.45) is 5.73 Å². The zero-order chi connectivity index (χ0) is 46.5. The molecule has 18 nitrogen and oxygen atoms in total. The summed E-state index contributed by atoms with van der Waals surface area (Å²) in [5.74, 6) is -4.39. The molecule has 2 atom stereocenters. The number of Topliss-reactive ketones (excluding diaryl/α,β-unsaturated/α-hetero) is 1. The lowest BCUT2D eigenvalue weighted by molar-refractivity contribution is -0.177. The molecule has 7 rings (SSSR count). The van der Waals surface area contributed by atoms with E-state index in [0.29, 0.717) is 30.6 Å². The smallest absolute Gasteiger partial charge is 0.335 e. The highest BCUT2D eigenvalue weighted by atomic mass is 32.2. The van der Waals surface area contributed by atoms with Gasteiger partial charge in [-0.25, -0.2) is 9.59 Å². The number of rotatable bonds is 20. The zero-order valence-corrected chi connectivity index (χ0v) is 36.1. The fourth-order valence-corrected chi connectivity index (χ4v) is 8.57. The maximum absolute atomic E-state index is 16.4. The van der Waals surface area contributed by atoms with E-state index in [1.54, 1.807) is 0 Å². The summed E-state index contributed by atoms with van der Waals surface area (Å²) < 4.78 is 70.6. The van der Waals surface area contributed by atoms with Gasteiger partial charge in [-0.1, -0.05) is 38.8 Å². The second kappa shape index (κ2) is 19.2. The van der Waals surface area contributed by atoms with Gasteiger partial charge in [0.2, 0.25) is 19.4 Å². The van der Waals surface area contributed by atoms with Crippen molar-refractivity contribution in [1.29, 1.82) is 0 Å². The van der Waals surface area contributed by atoms with Crippen LogP contribution in [0, 0.1) is 0 Å². The Bertz CT molecular complexity index is 2740. The molecule has 0 aromatic heterocycles. The Morgan fingerprint density at radius 3 is 1.85 bits per heavy atom. The number of benzene rings is 5. The predicted molar refractivity (Wildman–Crippen MR) is 228 cm³/mol. The zero-order valence-electron chi connectivity index (χ0n) is 35.3. The first kappa shape index (κ1) is 45.7. The maximum Gasteiger partial charge on any atom is 0.335 e. The van der Waals surface area contributed by atoms with E-state index in [4.69, 9.17) is 43.7 Å². The number of nitrogens with two attached hydrogens (primary N) is 1. The largest absolute Gasteiger partial charge is 0.479 e. The Hall–Kier alpha value is -7.35. The monoisotopic (exact) mass is 912 g/mol. The summed E-state index contributed by atoms with van der Waals surface area (Å²) >= 11 is 0. The van der Waals surface area contributed by atoms with Crippen molar-refractivity contribution in [3.63, 3.8) is 0 Å². The molecule has 0 aliphatic carbocycles. The minimum absolute atomic E-state index is 0.0141. The number of sulfonamides is 1. The maximum atomic E-state index is 16.4. The molecule has 0 fully saturated rings. The number of hydroxylamine groups is 1. The topological polar surface area (TPSA) is 246 Å². The van der Waals surface area contributed by atoms with Gasteiger partial charge in [0.25, 0.3) is 15.6 Å². The normalized spacial score (nSPS) is 13.9. The number of aromatic carboxylic acids is 2. The second-order valence-electron chi connectivity index (χ2n) is 14.6. The van der Waals surface area contributed by atoms with E-state index in [1.807, 2.05) is 13.8 Å². The third-order valence-electron chi connectivity index (χ3n) is 10.4. The van der Waals surface area contributed by atoms with Crippen LogP contribution in [0.3, 0.4) is 0 Å². The molecule has 65 heavy (non-hydrogen) atoms. The number of hydrogen-bond donors (Lipinski definition) is 3. The van der Waals surface area contributed by atoms with Crippen molar-refractivity contribution in [2.45, 2.75) is 56.1 Å². The fourth-order valence-electron chi connectivity index (χ4n) is 7.35. The van der Waals surface area contributed by atoms with E-state index < -0.39 is 50.3 Å². The Labute approximate surface area is 372 Å². The van der Waals surface area contributed by atoms with E-state index >= 15 is 9.59 Å². The van der Waals surface area contributed by atoms with Crippen molar-refractivity contribution in [1.82, 2.24) is 4.47 Å². The SMILES string of the molecule is CCCc1cc(C(=O)O)ccc1OC(C(=O)C(Oc1ccc(C(=O)O)cc1CCC)(C(=O)N(OC)S(=O)(=O)c1ccc(OCN)cc1)c1ccc2c(c1)OCO2)c1ccc2c(c1)OCO2. The van der Waals surface area contributed by atoms with Crippen LogP contribution in [0.5, 0.6) is 40.2 Å². The van der Waals surface area contributed by atoms with Gasteiger partial charge < -0.3 is 43.4 Å². The molecule has 2 aliphatic heterocycles. The lowest BCUT2D eigenvalue weighted by Crippen LogP contribution is -2.58. The van der Waals surface area contributed by atoms with Gasteiger partial charge in [-0.2, -0.15) is 8.42 Å². The standard InChI is InChI=1S/C46H44N2O16S/c1-4-6-27-20-30(43(50)51)9-16-35(27)63-41(29-8-18-37-39(22-29)61-25-59-37)42(49)46(32-11-19-38-40(23-32)62-26-60-38,64-36-17-10-31(44(52)53)21-28(36)7-5-2)45(54)48(57-3)65(55,56)34-14-12-33(13-15-34)58-24-47/h8-23,41H,4-7,24-26,47H2,1-3H3,(H,50,51)(H,52,53). The number of hydrogen-bond acceptors (Lipinski definition) is 15. The number of carboxylic acids is 2. The molecule has 340 valence electrons. The molecule has 0 radical (unpaired) electrons. The van der Waals surface area contributed by atoms with E-state index in [1.165, 1.54) is 84.9 Å². The van der Waals surface area contributed by atoms with Crippen LogP contribution in [0.25, 0.3) is 0 Å². The lowest BCUT2D eigenvalue weighted by atomic mass is 9.83. The summed E-state index contributed by atoms with van der Waals surface area (Å²) in [6.07, 6.45) is -0.458. The molecule has 2 heterocycles. The van der Waals surface area contributed by atoms with Gasteiger partial charge in [0.05, 0.1) is 23.1 Å². The third-order valence-corrected chi connectivity index (χ3v) is 12.1. The number of carboxylic acid groups (broad SMARTS) is 2.